The number of imidazole rings is 1. The van der Waals surface area contributed by atoms with Gasteiger partial charge in [-0.1, -0.05) is 0 Å². The Labute approximate surface area is 88.9 Å². The van der Waals surface area contributed by atoms with Gasteiger partial charge in [-0.05, 0) is 0 Å². The van der Waals surface area contributed by atoms with Crippen molar-refractivity contribution in [3.63, 3.8) is 0 Å². The molecule has 1 heterocycles. The largest absolute Gasteiger partial charge is 0.416 e. The molecule has 0 radical (unpaired) electrons. The summed E-state index contributed by atoms with van der Waals surface area (Å²) < 4.78 is 37.1. The van der Waals surface area contributed by atoms with Crippen molar-refractivity contribution in [1.82, 2.24) is 14.9 Å². The lowest BCUT2D eigenvalue weighted by atomic mass is 10.3. The van der Waals surface area contributed by atoms with Crippen LogP contribution in [-0.4, -0.2) is 39.4 Å². The maximum absolute atomic E-state index is 11.9. The molecule has 1 aromatic heterocycles. The number of halogens is 3. The van der Waals surface area contributed by atoms with Gasteiger partial charge in [0.05, 0.1) is 19.1 Å². The minimum atomic E-state index is -4.74. The minimum absolute atomic E-state index is 0.120. The van der Waals surface area contributed by atoms with E-state index in [1.807, 2.05) is 5.32 Å². The number of hydrogen-bond acceptors (Lipinski definition) is 3. The molecule has 1 unspecified atom stereocenters. The van der Waals surface area contributed by atoms with Crippen LogP contribution < -0.4 is 5.32 Å². The Bertz CT molecular complexity index is 375. The van der Waals surface area contributed by atoms with Crippen molar-refractivity contribution < 1.29 is 23.1 Å². The highest BCUT2D eigenvalue weighted by molar-refractivity contribution is 5.92. The molecule has 16 heavy (non-hydrogen) atoms. The van der Waals surface area contributed by atoms with Gasteiger partial charge >= 0.3 is 6.18 Å². The van der Waals surface area contributed by atoms with Gasteiger partial charge < -0.3 is 15.0 Å². The van der Waals surface area contributed by atoms with Crippen molar-refractivity contribution in [3.05, 3.63) is 18.2 Å². The number of aromatic nitrogens is 2. The van der Waals surface area contributed by atoms with Crippen molar-refractivity contribution in [2.24, 2.45) is 7.05 Å². The third kappa shape index (κ3) is 2.96. The summed E-state index contributed by atoms with van der Waals surface area (Å²) in [6.45, 7) is -0.881. The van der Waals surface area contributed by atoms with Crippen molar-refractivity contribution in [2.75, 3.05) is 6.54 Å². The summed E-state index contributed by atoms with van der Waals surface area (Å²) in [7, 11) is 1.53. The molecule has 1 aromatic rings. The van der Waals surface area contributed by atoms with Gasteiger partial charge in [-0.3, -0.25) is 4.79 Å². The Morgan fingerprint density at radius 3 is 2.75 bits per heavy atom. The number of aryl methyl sites for hydroxylation is 1. The van der Waals surface area contributed by atoms with E-state index >= 15 is 0 Å². The number of amides is 1. The minimum Gasteiger partial charge on any atom is -0.382 e. The van der Waals surface area contributed by atoms with E-state index in [4.69, 9.17) is 5.11 Å². The van der Waals surface area contributed by atoms with Gasteiger partial charge in [0, 0.05) is 7.05 Å². The predicted molar refractivity (Wildman–Crippen MR) is 47.6 cm³/mol. The van der Waals surface area contributed by atoms with E-state index < -0.39 is 24.7 Å². The van der Waals surface area contributed by atoms with Crippen molar-refractivity contribution in [3.8, 4) is 0 Å². The topological polar surface area (TPSA) is 67.2 Å². The summed E-state index contributed by atoms with van der Waals surface area (Å²) in [5, 5.41) is 10.6. The summed E-state index contributed by atoms with van der Waals surface area (Å²) in [6, 6.07) is 0. The number of nitrogens with zero attached hydrogens (tertiary/aromatic N) is 2. The Kier molecular flexibility index (Phi) is 3.53. The van der Waals surface area contributed by atoms with Crippen LogP contribution in [0.2, 0.25) is 0 Å². The lowest BCUT2D eigenvalue weighted by Gasteiger charge is -2.14. The fraction of sp³-hybridized carbons (Fsp3) is 0.500. The van der Waals surface area contributed by atoms with Crippen molar-refractivity contribution in [2.45, 2.75) is 12.3 Å². The fourth-order valence-corrected chi connectivity index (χ4v) is 0.972. The van der Waals surface area contributed by atoms with Crippen LogP contribution in [0.4, 0.5) is 13.2 Å². The highest BCUT2D eigenvalue weighted by Gasteiger charge is 2.38. The molecule has 8 heteroatoms. The average Bonchev–Trinajstić information content (AvgIpc) is 2.58. The number of rotatable bonds is 3. The van der Waals surface area contributed by atoms with Gasteiger partial charge in [-0.15, -0.1) is 0 Å². The van der Waals surface area contributed by atoms with E-state index in [0.29, 0.717) is 0 Å². The lowest BCUT2D eigenvalue weighted by molar-refractivity contribution is -0.201. The molecule has 0 aliphatic heterocycles. The Morgan fingerprint density at radius 1 is 1.69 bits per heavy atom. The SMILES string of the molecule is Cn1cncc1C(=O)NCC(O)C(F)(F)F. The first kappa shape index (κ1) is 12.5. The van der Waals surface area contributed by atoms with Crippen LogP contribution in [0.5, 0.6) is 0 Å². The number of carbonyl (C=O) groups is 1. The quantitative estimate of drug-likeness (QED) is 0.782. The normalized spacial score (nSPS) is 13.6. The smallest absolute Gasteiger partial charge is 0.382 e. The summed E-state index contributed by atoms with van der Waals surface area (Å²) in [6.07, 6.45) is -4.74. The first-order valence-electron chi connectivity index (χ1n) is 4.31. The third-order valence-corrected chi connectivity index (χ3v) is 1.88. The van der Waals surface area contributed by atoms with Crippen LogP contribution in [0, 0.1) is 0 Å². The highest BCUT2D eigenvalue weighted by atomic mass is 19.4. The van der Waals surface area contributed by atoms with E-state index in [1.165, 1.54) is 24.1 Å². The molecule has 0 saturated heterocycles. The molecule has 0 aromatic carbocycles. The second-order valence-corrected chi connectivity index (χ2v) is 3.16. The molecule has 1 atom stereocenters. The molecule has 0 saturated carbocycles. The molecule has 0 aliphatic carbocycles. The second-order valence-electron chi connectivity index (χ2n) is 3.16. The summed E-state index contributed by atoms with van der Waals surface area (Å²) in [5.41, 5.74) is 0.120. The number of aliphatic hydroxyl groups is 1. The first-order chi connectivity index (χ1) is 7.32. The van der Waals surface area contributed by atoms with Crippen LogP contribution in [0.3, 0.4) is 0 Å². The number of nitrogens with one attached hydrogen (secondary N) is 1. The number of aliphatic hydroxyl groups excluding tert-OH is 1. The highest BCUT2D eigenvalue weighted by Crippen LogP contribution is 2.19. The van der Waals surface area contributed by atoms with E-state index in [9.17, 15) is 18.0 Å². The molecule has 1 rings (SSSR count). The average molecular weight is 237 g/mol. The van der Waals surface area contributed by atoms with Crippen LogP contribution in [0.15, 0.2) is 12.5 Å². The van der Waals surface area contributed by atoms with Gasteiger partial charge in [-0.2, -0.15) is 13.2 Å². The van der Waals surface area contributed by atoms with Gasteiger partial charge in [0.1, 0.15) is 5.69 Å². The zero-order chi connectivity index (χ0) is 12.3. The molecule has 0 spiro atoms. The first-order valence-corrected chi connectivity index (χ1v) is 4.31. The van der Waals surface area contributed by atoms with Crippen LogP contribution in [0.1, 0.15) is 10.5 Å². The lowest BCUT2D eigenvalue weighted by Crippen LogP contribution is -2.41. The molecular formula is C8H10F3N3O2. The fourth-order valence-electron chi connectivity index (χ4n) is 0.972. The third-order valence-electron chi connectivity index (χ3n) is 1.88. The molecular weight excluding hydrogens is 227 g/mol. The monoisotopic (exact) mass is 237 g/mol. The van der Waals surface area contributed by atoms with Gasteiger partial charge in [0.15, 0.2) is 6.10 Å². The summed E-state index contributed by atoms with van der Waals surface area (Å²) >= 11 is 0. The van der Waals surface area contributed by atoms with E-state index in [-0.39, 0.29) is 5.69 Å². The Hall–Kier alpha value is -1.57. The van der Waals surface area contributed by atoms with Gasteiger partial charge in [0.2, 0.25) is 0 Å². The summed E-state index contributed by atoms with van der Waals surface area (Å²) in [5.74, 6) is -0.719. The van der Waals surface area contributed by atoms with Crippen LogP contribution in [-0.2, 0) is 7.05 Å². The molecule has 5 nitrogen and oxygen atoms in total. The Balaban J connectivity index is 2.52. The van der Waals surface area contributed by atoms with E-state index in [2.05, 4.69) is 4.98 Å². The van der Waals surface area contributed by atoms with Gasteiger partial charge in [0.25, 0.3) is 5.91 Å². The maximum Gasteiger partial charge on any atom is 0.416 e. The number of alkyl halides is 3. The maximum atomic E-state index is 11.9. The number of carbonyl (C=O) groups excluding carboxylic acids is 1. The standard InChI is InChI=1S/C8H10F3N3O2/c1-14-4-12-2-5(14)7(16)13-3-6(15)8(9,10)11/h2,4,6,15H,3H2,1H3,(H,13,16). The Morgan fingerprint density at radius 2 is 2.31 bits per heavy atom. The molecule has 90 valence electrons. The zero-order valence-electron chi connectivity index (χ0n) is 8.32. The summed E-state index contributed by atoms with van der Waals surface area (Å²) in [4.78, 5) is 14.9. The second kappa shape index (κ2) is 4.52. The van der Waals surface area contributed by atoms with Crippen molar-refractivity contribution >= 4 is 5.91 Å². The molecule has 2 N–H and O–H groups in total. The molecule has 0 fully saturated rings. The molecule has 1 amide bonds. The van der Waals surface area contributed by atoms with E-state index in [0.717, 1.165) is 0 Å². The zero-order valence-corrected chi connectivity index (χ0v) is 8.32. The predicted octanol–water partition coefficient (Wildman–Crippen LogP) is 0.0731. The van der Waals surface area contributed by atoms with Crippen LogP contribution in [0.25, 0.3) is 0 Å². The molecule has 0 aliphatic rings. The van der Waals surface area contributed by atoms with Crippen molar-refractivity contribution in [1.29, 1.82) is 0 Å². The van der Waals surface area contributed by atoms with Gasteiger partial charge in [-0.25, -0.2) is 4.98 Å². The number of hydrogen-bond donors (Lipinski definition) is 2. The van der Waals surface area contributed by atoms with Crippen LogP contribution >= 0.6 is 0 Å². The molecule has 0 bridgehead atoms. The van der Waals surface area contributed by atoms with E-state index in [1.54, 1.807) is 0 Å².